The van der Waals surface area contributed by atoms with Gasteiger partial charge in [-0.25, -0.2) is 4.79 Å². The van der Waals surface area contributed by atoms with E-state index in [-0.39, 0.29) is 25.0 Å². The number of carbonyl (C=O) groups is 2. The van der Waals surface area contributed by atoms with Crippen LogP contribution >= 0.6 is 0 Å². The molecule has 0 radical (unpaired) electrons. The van der Waals surface area contributed by atoms with Gasteiger partial charge in [0.2, 0.25) is 11.7 Å². The predicted molar refractivity (Wildman–Crippen MR) is 120 cm³/mol. The Morgan fingerprint density at radius 3 is 1.94 bits per heavy atom. The second-order valence-electron chi connectivity index (χ2n) is 7.37. The second kappa shape index (κ2) is 10.6. The molecular formula is C23H31N3O5. The number of aryl methyl sites for hydroxylation is 3. The summed E-state index contributed by atoms with van der Waals surface area (Å²) in [7, 11) is 6.16. The SMILES string of the molecule is COc1cc(CNC(=O)N(C)CC(=O)Nc2c(C)cc(C)cc2C)cc(OC)c1OC. The highest BCUT2D eigenvalue weighted by Gasteiger charge is 2.16. The molecule has 0 aliphatic carbocycles. The van der Waals surface area contributed by atoms with Crippen molar-refractivity contribution in [3.8, 4) is 17.2 Å². The van der Waals surface area contributed by atoms with Crippen LogP contribution in [0, 0.1) is 20.8 Å². The fraction of sp³-hybridized carbons (Fsp3) is 0.391. The van der Waals surface area contributed by atoms with Gasteiger partial charge in [0.05, 0.1) is 21.3 Å². The van der Waals surface area contributed by atoms with Crippen molar-refractivity contribution in [3.05, 3.63) is 46.5 Å². The average molecular weight is 430 g/mol. The van der Waals surface area contributed by atoms with Crippen molar-refractivity contribution in [2.75, 3.05) is 40.2 Å². The molecule has 3 amide bonds. The Bertz CT molecular complexity index is 910. The van der Waals surface area contributed by atoms with Gasteiger partial charge in [-0.15, -0.1) is 0 Å². The maximum Gasteiger partial charge on any atom is 0.317 e. The van der Waals surface area contributed by atoms with Gasteiger partial charge < -0.3 is 29.7 Å². The highest BCUT2D eigenvalue weighted by molar-refractivity contribution is 5.95. The van der Waals surface area contributed by atoms with E-state index in [4.69, 9.17) is 14.2 Å². The van der Waals surface area contributed by atoms with E-state index in [1.54, 1.807) is 19.2 Å². The number of rotatable bonds is 8. The number of urea groups is 1. The van der Waals surface area contributed by atoms with E-state index < -0.39 is 0 Å². The predicted octanol–water partition coefficient (Wildman–Crippen LogP) is 3.42. The smallest absolute Gasteiger partial charge is 0.317 e. The number of carbonyl (C=O) groups excluding carboxylic acids is 2. The number of likely N-dealkylation sites (N-methyl/N-ethyl adjacent to an activating group) is 1. The van der Waals surface area contributed by atoms with E-state index in [1.165, 1.54) is 26.2 Å². The summed E-state index contributed by atoms with van der Waals surface area (Å²) < 4.78 is 16.0. The summed E-state index contributed by atoms with van der Waals surface area (Å²) in [6.07, 6.45) is 0. The van der Waals surface area contributed by atoms with E-state index in [9.17, 15) is 9.59 Å². The van der Waals surface area contributed by atoms with Gasteiger partial charge in [-0.3, -0.25) is 4.79 Å². The first kappa shape index (κ1) is 23.9. The molecule has 2 rings (SSSR count). The largest absolute Gasteiger partial charge is 0.493 e. The lowest BCUT2D eigenvalue weighted by Crippen LogP contribution is -2.41. The summed E-state index contributed by atoms with van der Waals surface area (Å²) in [6, 6.07) is 7.17. The van der Waals surface area contributed by atoms with Gasteiger partial charge in [0, 0.05) is 19.3 Å². The van der Waals surface area contributed by atoms with Gasteiger partial charge in [-0.2, -0.15) is 0 Å². The zero-order valence-electron chi connectivity index (χ0n) is 19.2. The highest BCUT2D eigenvalue weighted by Crippen LogP contribution is 2.38. The molecule has 0 atom stereocenters. The lowest BCUT2D eigenvalue weighted by atomic mass is 10.1. The Morgan fingerprint density at radius 1 is 0.903 bits per heavy atom. The fourth-order valence-corrected chi connectivity index (χ4v) is 3.39. The monoisotopic (exact) mass is 429 g/mol. The van der Waals surface area contributed by atoms with Gasteiger partial charge in [0.15, 0.2) is 11.5 Å². The number of ether oxygens (including phenoxy) is 3. The van der Waals surface area contributed by atoms with Gasteiger partial charge in [-0.05, 0) is 49.6 Å². The van der Waals surface area contributed by atoms with Crippen molar-refractivity contribution in [2.45, 2.75) is 27.3 Å². The molecule has 31 heavy (non-hydrogen) atoms. The Kier molecular flexibility index (Phi) is 8.13. The quantitative estimate of drug-likeness (QED) is 0.671. The summed E-state index contributed by atoms with van der Waals surface area (Å²) in [5.41, 5.74) is 4.66. The maximum atomic E-state index is 12.5. The first-order valence-corrected chi connectivity index (χ1v) is 9.85. The zero-order chi connectivity index (χ0) is 23.1. The molecule has 0 bridgehead atoms. The summed E-state index contributed by atoms with van der Waals surface area (Å²) in [4.78, 5) is 26.2. The Balaban J connectivity index is 1.98. The van der Waals surface area contributed by atoms with Gasteiger partial charge in [0.25, 0.3) is 0 Å². The lowest BCUT2D eigenvalue weighted by molar-refractivity contribution is -0.116. The molecule has 0 aliphatic rings. The van der Waals surface area contributed by atoms with Crippen molar-refractivity contribution < 1.29 is 23.8 Å². The van der Waals surface area contributed by atoms with Gasteiger partial charge in [0.1, 0.15) is 6.54 Å². The third kappa shape index (κ3) is 6.04. The number of anilines is 1. The first-order valence-electron chi connectivity index (χ1n) is 9.85. The van der Waals surface area contributed by atoms with Crippen LogP contribution in [0.4, 0.5) is 10.5 Å². The minimum atomic E-state index is -0.374. The number of methoxy groups -OCH3 is 3. The Labute approximate surface area is 183 Å². The number of hydrogen-bond acceptors (Lipinski definition) is 5. The number of benzene rings is 2. The number of amides is 3. The molecule has 0 spiro atoms. The molecule has 0 fully saturated rings. The molecule has 0 heterocycles. The molecule has 0 saturated heterocycles. The van der Waals surface area contributed by atoms with E-state index in [2.05, 4.69) is 10.6 Å². The van der Waals surface area contributed by atoms with Crippen molar-refractivity contribution in [2.24, 2.45) is 0 Å². The molecule has 8 heteroatoms. The van der Waals surface area contributed by atoms with Crippen LogP contribution in [0.25, 0.3) is 0 Å². The normalized spacial score (nSPS) is 10.3. The van der Waals surface area contributed by atoms with Gasteiger partial charge >= 0.3 is 6.03 Å². The molecule has 0 aliphatic heterocycles. The number of nitrogens with one attached hydrogen (secondary N) is 2. The van der Waals surface area contributed by atoms with Crippen molar-refractivity contribution in [1.82, 2.24) is 10.2 Å². The first-order chi connectivity index (χ1) is 14.7. The zero-order valence-corrected chi connectivity index (χ0v) is 19.2. The lowest BCUT2D eigenvalue weighted by Gasteiger charge is -2.19. The van der Waals surface area contributed by atoms with Crippen LogP contribution in [0.15, 0.2) is 24.3 Å². The third-order valence-corrected chi connectivity index (χ3v) is 4.84. The molecule has 2 N–H and O–H groups in total. The summed E-state index contributed by atoms with van der Waals surface area (Å²) in [6.45, 7) is 6.07. The maximum absolute atomic E-state index is 12.5. The average Bonchev–Trinajstić information content (AvgIpc) is 2.73. The topological polar surface area (TPSA) is 89.1 Å². The molecule has 8 nitrogen and oxygen atoms in total. The molecule has 0 aromatic heterocycles. The molecule has 2 aromatic rings. The summed E-state index contributed by atoms with van der Waals surface area (Å²) in [5.74, 6) is 1.22. The molecule has 0 unspecified atom stereocenters. The van der Waals surface area contributed by atoms with Crippen LogP contribution in [-0.4, -0.2) is 51.8 Å². The van der Waals surface area contributed by atoms with Crippen LogP contribution in [0.3, 0.4) is 0 Å². The molecule has 2 aromatic carbocycles. The third-order valence-electron chi connectivity index (χ3n) is 4.84. The summed E-state index contributed by atoms with van der Waals surface area (Å²) >= 11 is 0. The second-order valence-corrected chi connectivity index (χ2v) is 7.37. The molecular weight excluding hydrogens is 398 g/mol. The van der Waals surface area contributed by atoms with Crippen LogP contribution in [-0.2, 0) is 11.3 Å². The van der Waals surface area contributed by atoms with Crippen LogP contribution in [0.5, 0.6) is 17.2 Å². The van der Waals surface area contributed by atoms with E-state index >= 15 is 0 Å². The van der Waals surface area contributed by atoms with E-state index in [0.717, 1.165) is 27.9 Å². The van der Waals surface area contributed by atoms with Crippen molar-refractivity contribution in [3.63, 3.8) is 0 Å². The molecule has 0 saturated carbocycles. The highest BCUT2D eigenvalue weighted by atomic mass is 16.5. The van der Waals surface area contributed by atoms with Crippen LogP contribution in [0.1, 0.15) is 22.3 Å². The van der Waals surface area contributed by atoms with Crippen LogP contribution in [0.2, 0.25) is 0 Å². The van der Waals surface area contributed by atoms with E-state index in [0.29, 0.717) is 17.2 Å². The van der Waals surface area contributed by atoms with Gasteiger partial charge in [-0.1, -0.05) is 17.7 Å². The van der Waals surface area contributed by atoms with Crippen molar-refractivity contribution in [1.29, 1.82) is 0 Å². The van der Waals surface area contributed by atoms with Crippen molar-refractivity contribution >= 4 is 17.6 Å². The summed E-state index contributed by atoms with van der Waals surface area (Å²) in [5, 5.41) is 5.69. The number of hydrogen-bond donors (Lipinski definition) is 2. The Morgan fingerprint density at radius 2 is 1.45 bits per heavy atom. The minimum absolute atomic E-state index is 0.0756. The molecule has 168 valence electrons. The Hall–Kier alpha value is -3.42. The van der Waals surface area contributed by atoms with Crippen LogP contribution < -0.4 is 24.8 Å². The minimum Gasteiger partial charge on any atom is -0.493 e. The fourth-order valence-electron chi connectivity index (χ4n) is 3.39. The number of nitrogens with zero attached hydrogens (tertiary/aromatic N) is 1. The standard InChI is InChI=1S/C23H31N3O5/c1-14-8-15(2)21(16(3)9-14)25-20(27)13-26(4)23(28)24-12-17-10-18(29-5)22(31-7)19(11-17)30-6/h8-11H,12-13H2,1-7H3,(H,24,28)(H,25,27). The van der Waals surface area contributed by atoms with E-state index in [1.807, 2.05) is 32.9 Å².